The number of rotatable bonds is 10. The summed E-state index contributed by atoms with van der Waals surface area (Å²) in [5, 5.41) is 0. The lowest BCUT2D eigenvalue weighted by Gasteiger charge is -2.11. The van der Waals surface area contributed by atoms with E-state index in [0.29, 0.717) is 0 Å². The third-order valence-electron chi connectivity index (χ3n) is 3.99. The summed E-state index contributed by atoms with van der Waals surface area (Å²) in [4.78, 5) is 11.5. The van der Waals surface area contributed by atoms with Crippen molar-refractivity contribution in [2.24, 2.45) is 5.73 Å². The Labute approximate surface area is 129 Å². The molecule has 116 valence electrons. The number of hydrogen-bond acceptors (Lipinski definition) is 1. The largest absolute Gasteiger partial charge is 0.366 e. The summed E-state index contributed by atoms with van der Waals surface area (Å²) in [5.41, 5.74) is 8.65. The summed E-state index contributed by atoms with van der Waals surface area (Å²) in [7, 11) is 0. The third kappa shape index (κ3) is 7.12. The summed E-state index contributed by atoms with van der Waals surface area (Å²) in [6.45, 7) is 4.09. The summed E-state index contributed by atoms with van der Waals surface area (Å²) >= 11 is 0. The van der Waals surface area contributed by atoms with Crippen LogP contribution in [-0.4, -0.2) is 5.91 Å². The number of amides is 1. The van der Waals surface area contributed by atoms with Crippen LogP contribution >= 0.6 is 0 Å². The van der Waals surface area contributed by atoms with Gasteiger partial charge in [-0.2, -0.15) is 0 Å². The lowest BCUT2D eigenvalue weighted by atomic mass is 9.95. The van der Waals surface area contributed by atoms with Crippen molar-refractivity contribution in [3.05, 3.63) is 47.0 Å². The molecule has 0 saturated heterocycles. The SMILES string of the molecule is CCCCCCCCC(Cc1ccccc1)=C(C)C(N)=O. The molecule has 0 atom stereocenters. The first-order chi connectivity index (χ1) is 10.1. The maximum Gasteiger partial charge on any atom is 0.244 e. The van der Waals surface area contributed by atoms with Gasteiger partial charge in [0.05, 0.1) is 0 Å². The van der Waals surface area contributed by atoms with E-state index in [-0.39, 0.29) is 5.91 Å². The van der Waals surface area contributed by atoms with Crippen LogP contribution in [0.4, 0.5) is 0 Å². The average Bonchev–Trinajstić information content (AvgIpc) is 2.49. The molecule has 2 N–H and O–H groups in total. The van der Waals surface area contributed by atoms with Crippen molar-refractivity contribution in [2.45, 2.75) is 65.2 Å². The second-order valence-electron chi connectivity index (χ2n) is 5.77. The molecule has 2 nitrogen and oxygen atoms in total. The highest BCUT2D eigenvalue weighted by Gasteiger charge is 2.08. The fourth-order valence-electron chi connectivity index (χ4n) is 2.54. The van der Waals surface area contributed by atoms with Gasteiger partial charge >= 0.3 is 0 Å². The van der Waals surface area contributed by atoms with Crippen LogP contribution in [0.15, 0.2) is 41.5 Å². The first kappa shape index (κ1) is 17.5. The number of primary amides is 1. The predicted molar refractivity (Wildman–Crippen MR) is 90.0 cm³/mol. The van der Waals surface area contributed by atoms with Crippen LogP contribution in [0.25, 0.3) is 0 Å². The lowest BCUT2D eigenvalue weighted by molar-refractivity contribution is -0.114. The highest BCUT2D eigenvalue weighted by atomic mass is 16.1. The fourth-order valence-corrected chi connectivity index (χ4v) is 2.54. The molecule has 0 heterocycles. The Kier molecular flexibility index (Phi) is 8.49. The smallest absolute Gasteiger partial charge is 0.244 e. The number of hydrogen-bond donors (Lipinski definition) is 1. The van der Waals surface area contributed by atoms with Crippen LogP contribution in [-0.2, 0) is 11.2 Å². The molecular weight excluding hydrogens is 258 g/mol. The van der Waals surface area contributed by atoms with E-state index < -0.39 is 0 Å². The Hall–Kier alpha value is -1.57. The van der Waals surface area contributed by atoms with Crippen LogP contribution in [0.1, 0.15) is 64.4 Å². The molecule has 0 aliphatic rings. The lowest BCUT2D eigenvalue weighted by Crippen LogP contribution is -2.14. The monoisotopic (exact) mass is 287 g/mol. The molecule has 21 heavy (non-hydrogen) atoms. The number of carbonyl (C=O) groups is 1. The van der Waals surface area contributed by atoms with Crippen LogP contribution in [0.2, 0.25) is 0 Å². The summed E-state index contributed by atoms with van der Waals surface area (Å²) < 4.78 is 0. The summed E-state index contributed by atoms with van der Waals surface area (Å²) in [5.74, 6) is -0.285. The van der Waals surface area contributed by atoms with Gasteiger partial charge in [-0.25, -0.2) is 0 Å². The van der Waals surface area contributed by atoms with Gasteiger partial charge in [0.2, 0.25) is 5.91 Å². The number of allylic oxidation sites excluding steroid dienone is 1. The van der Waals surface area contributed by atoms with Crippen LogP contribution in [0, 0.1) is 0 Å². The fraction of sp³-hybridized carbons (Fsp3) is 0.526. The maximum atomic E-state index is 11.5. The van der Waals surface area contributed by atoms with Gasteiger partial charge in [0.15, 0.2) is 0 Å². The molecule has 0 aliphatic carbocycles. The van der Waals surface area contributed by atoms with Crippen molar-refractivity contribution in [1.29, 1.82) is 0 Å². The van der Waals surface area contributed by atoms with Crippen molar-refractivity contribution in [1.82, 2.24) is 0 Å². The highest BCUT2D eigenvalue weighted by Crippen LogP contribution is 2.19. The van der Waals surface area contributed by atoms with Gasteiger partial charge in [-0.3, -0.25) is 4.79 Å². The van der Waals surface area contributed by atoms with E-state index in [9.17, 15) is 4.79 Å². The standard InChI is InChI=1S/C19H29NO/c1-3-4-5-6-7-11-14-18(16(2)19(20)21)15-17-12-9-8-10-13-17/h8-10,12-13H,3-7,11,14-15H2,1-2H3,(H2,20,21). The Balaban J connectivity index is 2.55. The molecule has 1 rings (SSSR count). The first-order valence-electron chi connectivity index (χ1n) is 8.17. The molecule has 1 aromatic carbocycles. The average molecular weight is 287 g/mol. The molecule has 1 amide bonds. The molecular formula is C19H29NO. The zero-order valence-electron chi connectivity index (χ0n) is 13.5. The van der Waals surface area contributed by atoms with E-state index >= 15 is 0 Å². The van der Waals surface area contributed by atoms with Crippen molar-refractivity contribution in [3.63, 3.8) is 0 Å². The van der Waals surface area contributed by atoms with Crippen LogP contribution in [0.3, 0.4) is 0 Å². The Morgan fingerprint density at radius 1 is 1.00 bits per heavy atom. The predicted octanol–water partition coefficient (Wildman–Crippen LogP) is 4.78. The van der Waals surface area contributed by atoms with Crippen LogP contribution in [0.5, 0.6) is 0 Å². The van der Waals surface area contributed by atoms with E-state index in [1.165, 1.54) is 43.2 Å². The molecule has 0 unspecified atom stereocenters. The van der Waals surface area contributed by atoms with E-state index in [2.05, 4.69) is 19.1 Å². The normalized spacial score (nSPS) is 12.1. The Morgan fingerprint density at radius 2 is 1.62 bits per heavy atom. The molecule has 0 radical (unpaired) electrons. The van der Waals surface area contributed by atoms with E-state index in [4.69, 9.17) is 5.73 Å². The minimum Gasteiger partial charge on any atom is -0.366 e. The number of carbonyl (C=O) groups excluding carboxylic acids is 1. The molecule has 0 spiro atoms. The van der Waals surface area contributed by atoms with Crippen molar-refractivity contribution in [2.75, 3.05) is 0 Å². The maximum absolute atomic E-state index is 11.5. The molecule has 0 bridgehead atoms. The Bertz CT molecular complexity index is 448. The number of unbranched alkanes of at least 4 members (excludes halogenated alkanes) is 5. The van der Waals surface area contributed by atoms with Crippen LogP contribution < -0.4 is 5.73 Å². The van der Waals surface area contributed by atoms with E-state index in [0.717, 1.165) is 24.8 Å². The number of benzene rings is 1. The third-order valence-corrected chi connectivity index (χ3v) is 3.99. The minimum atomic E-state index is -0.285. The van der Waals surface area contributed by atoms with Crippen molar-refractivity contribution < 1.29 is 4.79 Å². The quantitative estimate of drug-likeness (QED) is 0.488. The minimum absolute atomic E-state index is 0.285. The molecule has 2 heteroatoms. The van der Waals surface area contributed by atoms with Gasteiger partial charge in [0, 0.05) is 5.57 Å². The molecule has 0 aliphatic heterocycles. The summed E-state index contributed by atoms with van der Waals surface area (Å²) in [6.07, 6.45) is 9.43. The van der Waals surface area contributed by atoms with Gasteiger partial charge in [0.25, 0.3) is 0 Å². The first-order valence-corrected chi connectivity index (χ1v) is 8.17. The van der Waals surface area contributed by atoms with Crippen molar-refractivity contribution >= 4 is 5.91 Å². The highest BCUT2D eigenvalue weighted by molar-refractivity contribution is 5.92. The van der Waals surface area contributed by atoms with Gasteiger partial charge in [-0.05, 0) is 31.7 Å². The molecule has 0 fully saturated rings. The number of nitrogens with two attached hydrogens (primary N) is 1. The Morgan fingerprint density at radius 3 is 2.24 bits per heavy atom. The van der Waals surface area contributed by atoms with Crippen molar-refractivity contribution in [3.8, 4) is 0 Å². The van der Waals surface area contributed by atoms with E-state index in [1.807, 2.05) is 25.1 Å². The zero-order valence-corrected chi connectivity index (χ0v) is 13.5. The zero-order chi connectivity index (χ0) is 15.5. The summed E-state index contributed by atoms with van der Waals surface area (Å²) in [6, 6.07) is 10.3. The molecule has 0 aromatic heterocycles. The van der Waals surface area contributed by atoms with Gasteiger partial charge in [-0.15, -0.1) is 0 Å². The van der Waals surface area contributed by atoms with Gasteiger partial charge in [-0.1, -0.05) is 74.9 Å². The second-order valence-corrected chi connectivity index (χ2v) is 5.77. The topological polar surface area (TPSA) is 43.1 Å². The molecule has 0 saturated carbocycles. The molecule has 1 aromatic rings. The second kappa shape index (κ2) is 10.2. The van der Waals surface area contributed by atoms with Gasteiger partial charge < -0.3 is 5.73 Å². The van der Waals surface area contributed by atoms with E-state index in [1.54, 1.807) is 0 Å². The van der Waals surface area contributed by atoms with Gasteiger partial charge in [0.1, 0.15) is 0 Å².